The molecule has 30 heavy (non-hydrogen) atoms. The Hall–Kier alpha value is -2.79. The molecule has 2 aromatic carbocycles. The summed E-state index contributed by atoms with van der Waals surface area (Å²) in [5.74, 6) is 0.780. The number of ether oxygens (including phenoxy) is 1. The molecule has 0 radical (unpaired) electrons. The van der Waals surface area contributed by atoms with E-state index in [9.17, 15) is 4.79 Å². The highest BCUT2D eigenvalue weighted by Crippen LogP contribution is 2.45. The third-order valence-electron chi connectivity index (χ3n) is 6.19. The summed E-state index contributed by atoms with van der Waals surface area (Å²) in [5.41, 5.74) is 5.06. The molecule has 4 nitrogen and oxygen atoms in total. The second kappa shape index (κ2) is 8.15. The van der Waals surface area contributed by atoms with Crippen molar-refractivity contribution in [3.8, 4) is 5.75 Å². The molecule has 5 heteroatoms. The van der Waals surface area contributed by atoms with E-state index >= 15 is 0 Å². The molecule has 2 aliphatic rings. The molecule has 1 aliphatic carbocycles. The molecule has 1 aliphatic heterocycles. The summed E-state index contributed by atoms with van der Waals surface area (Å²) in [7, 11) is 1.64. The number of aryl methyl sites for hydroxylation is 1. The van der Waals surface area contributed by atoms with E-state index in [1.54, 1.807) is 17.6 Å². The Bertz CT molecular complexity index is 1040. The molecule has 0 bridgehead atoms. The molecule has 1 atom stereocenters. The Labute approximate surface area is 181 Å². The molecule has 2 heterocycles. The minimum Gasteiger partial charge on any atom is -0.497 e. The average molecular weight is 419 g/mol. The molecule has 0 unspecified atom stereocenters. The first-order chi connectivity index (χ1) is 14.7. The van der Waals surface area contributed by atoms with Crippen LogP contribution in [0.2, 0.25) is 0 Å². The smallest absolute Gasteiger partial charge is 0.322 e. The molecular weight excluding hydrogens is 392 g/mol. The minimum absolute atomic E-state index is 0.0243. The Kier molecular flexibility index (Phi) is 5.21. The number of amides is 2. The van der Waals surface area contributed by atoms with Gasteiger partial charge in [0, 0.05) is 22.0 Å². The summed E-state index contributed by atoms with van der Waals surface area (Å²) in [4.78, 5) is 18.3. The van der Waals surface area contributed by atoms with Crippen LogP contribution in [-0.4, -0.2) is 24.6 Å². The third-order valence-corrected chi connectivity index (χ3v) is 7.58. The van der Waals surface area contributed by atoms with Crippen molar-refractivity contribution in [1.82, 2.24) is 4.90 Å². The molecule has 2 amide bonds. The van der Waals surface area contributed by atoms with Gasteiger partial charge in [-0.1, -0.05) is 30.3 Å². The van der Waals surface area contributed by atoms with Gasteiger partial charge >= 0.3 is 6.03 Å². The summed E-state index contributed by atoms with van der Waals surface area (Å²) >= 11 is 1.93. The number of anilines is 1. The number of nitrogens with zero attached hydrogens (tertiary/aromatic N) is 1. The number of hydrogen-bond acceptors (Lipinski definition) is 3. The fourth-order valence-corrected chi connectivity index (χ4v) is 6.29. The lowest BCUT2D eigenvalue weighted by atomic mass is 9.88. The van der Waals surface area contributed by atoms with Gasteiger partial charge in [0.2, 0.25) is 0 Å². The highest BCUT2D eigenvalue weighted by molar-refractivity contribution is 7.12. The molecule has 0 spiro atoms. The van der Waals surface area contributed by atoms with Gasteiger partial charge in [0.1, 0.15) is 5.75 Å². The molecular formula is C25H26N2O2S. The van der Waals surface area contributed by atoms with E-state index in [1.165, 1.54) is 41.7 Å². The monoisotopic (exact) mass is 418 g/mol. The Balaban J connectivity index is 1.49. The first kappa shape index (κ1) is 19.2. The van der Waals surface area contributed by atoms with Crippen LogP contribution in [0.4, 0.5) is 10.5 Å². The van der Waals surface area contributed by atoms with Crippen molar-refractivity contribution in [3.63, 3.8) is 0 Å². The number of nitrogens with one attached hydrogen (secondary N) is 1. The van der Waals surface area contributed by atoms with Gasteiger partial charge in [-0.25, -0.2) is 4.79 Å². The number of carbonyl (C=O) groups excluding carboxylic acids is 1. The van der Waals surface area contributed by atoms with Crippen LogP contribution in [0, 0.1) is 0 Å². The highest BCUT2D eigenvalue weighted by Gasteiger charge is 2.36. The lowest BCUT2D eigenvalue weighted by molar-refractivity contribution is 0.195. The van der Waals surface area contributed by atoms with E-state index in [0.717, 1.165) is 24.4 Å². The Morgan fingerprint density at radius 2 is 1.77 bits per heavy atom. The average Bonchev–Trinajstić information content (AvgIpc) is 3.18. The largest absolute Gasteiger partial charge is 0.497 e. The van der Waals surface area contributed by atoms with E-state index in [-0.39, 0.29) is 12.1 Å². The zero-order chi connectivity index (χ0) is 20.5. The van der Waals surface area contributed by atoms with Crippen molar-refractivity contribution in [2.75, 3.05) is 19.0 Å². The first-order valence-electron chi connectivity index (χ1n) is 10.6. The molecule has 1 N–H and O–H groups in total. The van der Waals surface area contributed by atoms with Crippen LogP contribution in [0.3, 0.4) is 0 Å². The predicted molar refractivity (Wildman–Crippen MR) is 122 cm³/mol. The van der Waals surface area contributed by atoms with Crippen LogP contribution in [0.1, 0.15) is 45.3 Å². The fourth-order valence-electron chi connectivity index (χ4n) is 4.71. The van der Waals surface area contributed by atoms with E-state index in [2.05, 4.69) is 29.6 Å². The van der Waals surface area contributed by atoms with Crippen LogP contribution < -0.4 is 10.1 Å². The molecule has 0 saturated heterocycles. The van der Waals surface area contributed by atoms with Crippen molar-refractivity contribution >= 4 is 23.1 Å². The van der Waals surface area contributed by atoms with Crippen molar-refractivity contribution in [3.05, 3.63) is 81.0 Å². The lowest BCUT2D eigenvalue weighted by Gasteiger charge is -2.36. The van der Waals surface area contributed by atoms with Crippen LogP contribution in [0.15, 0.2) is 54.6 Å². The lowest BCUT2D eigenvalue weighted by Crippen LogP contribution is -2.42. The minimum atomic E-state index is -0.0500. The normalized spacial score (nSPS) is 17.8. The van der Waals surface area contributed by atoms with Gasteiger partial charge in [-0.15, -0.1) is 11.3 Å². The van der Waals surface area contributed by atoms with E-state index in [1.807, 2.05) is 46.6 Å². The van der Waals surface area contributed by atoms with Crippen LogP contribution in [0.5, 0.6) is 5.75 Å². The zero-order valence-electron chi connectivity index (χ0n) is 17.2. The van der Waals surface area contributed by atoms with Crippen LogP contribution in [-0.2, 0) is 19.3 Å². The molecule has 0 fully saturated rings. The molecule has 154 valence electrons. The number of hydrogen-bond donors (Lipinski definition) is 1. The van der Waals surface area contributed by atoms with E-state index in [0.29, 0.717) is 0 Å². The number of fused-ring (bicyclic) bond motifs is 3. The van der Waals surface area contributed by atoms with Gasteiger partial charge in [-0.3, -0.25) is 0 Å². The zero-order valence-corrected chi connectivity index (χ0v) is 18.0. The Morgan fingerprint density at radius 3 is 2.53 bits per heavy atom. The summed E-state index contributed by atoms with van der Waals surface area (Å²) in [6.07, 6.45) is 5.89. The summed E-state index contributed by atoms with van der Waals surface area (Å²) < 4.78 is 5.22. The summed E-state index contributed by atoms with van der Waals surface area (Å²) in [6.45, 7) is 0.734. The first-order valence-corrected chi connectivity index (χ1v) is 11.5. The van der Waals surface area contributed by atoms with E-state index < -0.39 is 0 Å². The van der Waals surface area contributed by atoms with Crippen molar-refractivity contribution in [1.29, 1.82) is 0 Å². The molecule has 0 saturated carbocycles. The number of urea groups is 1. The Morgan fingerprint density at radius 1 is 1.00 bits per heavy atom. The van der Waals surface area contributed by atoms with Crippen molar-refractivity contribution in [2.45, 2.75) is 38.1 Å². The molecule has 3 aromatic rings. The topological polar surface area (TPSA) is 41.6 Å². The number of benzene rings is 2. The van der Waals surface area contributed by atoms with Gasteiger partial charge in [-0.2, -0.15) is 0 Å². The maximum absolute atomic E-state index is 13.3. The van der Waals surface area contributed by atoms with Crippen LogP contribution in [0.25, 0.3) is 0 Å². The van der Waals surface area contributed by atoms with Gasteiger partial charge in [0.05, 0.1) is 13.2 Å². The van der Waals surface area contributed by atoms with E-state index in [4.69, 9.17) is 4.74 Å². The van der Waals surface area contributed by atoms with Gasteiger partial charge in [0.25, 0.3) is 0 Å². The number of carbonyl (C=O) groups is 1. The maximum Gasteiger partial charge on any atom is 0.322 e. The van der Waals surface area contributed by atoms with Gasteiger partial charge in [-0.05, 0) is 73.1 Å². The maximum atomic E-state index is 13.3. The fraction of sp³-hybridized carbons (Fsp3) is 0.320. The highest BCUT2D eigenvalue weighted by atomic mass is 32.1. The number of thiophene rings is 1. The summed E-state index contributed by atoms with van der Waals surface area (Å²) in [5, 5.41) is 3.09. The second-order valence-electron chi connectivity index (χ2n) is 7.97. The van der Waals surface area contributed by atoms with Gasteiger partial charge in [0.15, 0.2) is 0 Å². The third kappa shape index (κ3) is 3.47. The standard InChI is InChI=1S/C25H26N2O2S/c1-29-19-13-11-18(12-14-19)26-25(28)27-16-15-21-20-9-5-6-10-22(20)30-24(21)23(27)17-7-3-2-4-8-17/h2-4,7-8,11-14,23H,5-6,9-10,15-16H2,1H3,(H,26,28)/t23-/m1/s1. The van der Waals surface area contributed by atoms with Gasteiger partial charge < -0.3 is 15.0 Å². The SMILES string of the molecule is COc1ccc(NC(=O)N2CCc3c(sc4c3CCCC4)[C@H]2c2ccccc2)cc1. The predicted octanol–water partition coefficient (Wildman–Crippen LogP) is 5.82. The summed E-state index contributed by atoms with van der Waals surface area (Å²) in [6, 6.07) is 17.9. The molecule has 5 rings (SSSR count). The van der Waals surface area contributed by atoms with Crippen molar-refractivity contribution < 1.29 is 9.53 Å². The quantitative estimate of drug-likeness (QED) is 0.583. The van der Waals surface area contributed by atoms with Crippen molar-refractivity contribution in [2.24, 2.45) is 0 Å². The second-order valence-corrected chi connectivity index (χ2v) is 9.11. The number of methoxy groups -OCH3 is 1. The van der Waals surface area contributed by atoms with Crippen LogP contribution >= 0.6 is 11.3 Å². The molecule has 1 aromatic heterocycles. The number of rotatable bonds is 3.